The average molecular weight is 215 g/mol. The number of nitrogens with zero attached hydrogens (tertiary/aromatic N) is 2. The minimum Gasteiger partial charge on any atom is -0.330 e. The molecular formula is C13H17N3. The molecule has 0 bridgehead atoms. The Labute approximate surface area is 95.7 Å². The van der Waals surface area contributed by atoms with E-state index in [0.717, 1.165) is 23.0 Å². The first kappa shape index (κ1) is 11.0. The summed E-state index contributed by atoms with van der Waals surface area (Å²) in [4.78, 5) is 0. The minimum atomic E-state index is -0.00815. The normalized spacial score (nSPS) is 11.9. The molecule has 0 spiro atoms. The van der Waals surface area contributed by atoms with Crippen molar-refractivity contribution >= 4 is 10.9 Å². The molecule has 0 aliphatic carbocycles. The van der Waals surface area contributed by atoms with Gasteiger partial charge in [0.05, 0.1) is 11.2 Å². The van der Waals surface area contributed by atoms with Gasteiger partial charge in [0.15, 0.2) is 0 Å². The first-order chi connectivity index (χ1) is 7.63. The van der Waals surface area contributed by atoms with Crippen molar-refractivity contribution in [3.05, 3.63) is 36.0 Å². The molecule has 2 N–H and O–H groups in total. The molecule has 84 valence electrons. The van der Waals surface area contributed by atoms with Gasteiger partial charge in [-0.2, -0.15) is 10.2 Å². The van der Waals surface area contributed by atoms with Crippen molar-refractivity contribution in [1.82, 2.24) is 10.2 Å². The summed E-state index contributed by atoms with van der Waals surface area (Å²) in [6.45, 7) is 4.97. The number of nitrogens with two attached hydrogens (primary N) is 1. The van der Waals surface area contributed by atoms with Crippen LogP contribution in [-0.4, -0.2) is 16.7 Å². The summed E-state index contributed by atoms with van der Waals surface area (Å²) < 4.78 is 0. The van der Waals surface area contributed by atoms with Crippen molar-refractivity contribution in [2.45, 2.75) is 25.7 Å². The zero-order chi connectivity index (χ0) is 11.6. The molecule has 0 amide bonds. The fourth-order valence-corrected chi connectivity index (χ4v) is 1.80. The molecule has 2 rings (SSSR count). The highest BCUT2D eigenvalue weighted by molar-refractivity contribution is 5.78. The Kier molecular flexibility index (Phi) is 2.88. The van der Waals surface area contributed by atoms with Crippen LogP contribution in [0.2, 0.25) is 0 Å². The second kappa shape index (κ2) is 4.18. The van der Waals surface area contributed by atoms with Crippen molar-refractivity contribution in [2.75, 3.05) is 6.54 Å². The van der Waals surface area contributed by atoms with Gasteiger partial charge in [-0.25, -0.2) is 0 Å². The van der Waals surface area contributed by atoms with Crippen LogP contribution in [0, 0.1) is 0 Å². The summed E-state index contributed by atoms with van der Waals surface area (Å²) in [7, 11) is 0. The quantitative estimate of drug-likeness (QED) is 0.854. The van der Waals surface area contributed by atoms with Gasteiger partial charge in [-0.15, -0.1) is 0 Å². The molecule has 0 unspecified atom stereocenters. The van der Waals surface area contributed by atoms with Crippen molar-refractivity contribution in [2.24, 2.45) is 5.73 Å². The van der Waals surface area contributed by atoms with E-state index in [0.29, 0.717) is 6.54 Å². The smallest absolute Gasteiger partial charge is 0.0929 e. The Morgan fingerprint density at radius 2 is 1.94 bits per heavy atom. The van der Waals surface area contributed by atoms with E-state index in [2.05, 4.69) is 36.2 Å². The largest absolute Gasteiger partial charge is 0.330 e. The van der Waals surface area contributed by atoms with Crippen LogP contribution in [0.25, 0.3) is 10.9 Å². The van der Waals surface area contributed by atoms with E-state index in [1.165, 1.54) is 0 Å². The molecule has 0 atom stereocenters. The SMILES string of the molecule is CC(C)(CCN)c1cc2ccccc2nn1. The molecule has 1 aromatic heterocycles. The van der Waals surface area contributed by atoms with Gasteiger partial charge in [-0.3, -0.25) is 0 Å². The van der Waals surface area contributed by atoms with E-state index in [9.17, 15) is 0 Å². The third-order valence-electron chi connectivity index (χ3n) is 2.96. The van der Waals surface area contributed by atoms with Crippen molar-refractivity contribution in [1.29, 1.82) is 0 Å². The summed E-state index contributed by atoms with van der Waals surface area (Å²) in [6, 6.07) is 10.1. The molecule has 0 saturated heterocycles. The van der Waals surface area contributed by atoms with Crippen molar-refractivity contribution in [3.63, 3.8) is 0 Å². The van der Waals surface area contributed by atoms with Gasteiger partial charge in [-0.05, 0) is 25.1 Å². The second-order valence-electron chi connectivity index (χ2n) is 4.71. The molecule has 3 nitrogen and oxygen atoms in total. The van der Waals surface area contributed by atoms with Gasteiger partial charge >= 0.3 is 0 Å². The molecule has 0 aliphatic heterocycles. The topological polar surface area (TPSA) is 51.8 Å². The summed E-state index contributed by atoms with van der Waals surface area (Å²) in [5.74, 6) is 0. The third-order valence-corrected chi connectivity index (χ3v) is 2.96. The predicted octanol–water partition coefficient (Wildman–Crippen LogP) is 2.26. The van der Waals surface area contributed by atoms with Gasteiger partial charge in [-0.1, -0.05) is 32.0 Å². The maximum atomic E-state index is 5.62. The average Bonchev–Trinajstić information content (AvgIpc) is 2.28. The number of rotatable bonds is 3. The first-order valence-electron chi connectivity index (χ1n) is 5.56. The summed E-state index contributed by atoms with van der Waals surface area (Å²) in [5, 5.41) is 9.67. The van der Waals surface area contributed by atoms with Crippen LogP contribution in [0.4, 0.5) is 0 Å². The highest BCUT2D eigenvalue weighted by atomic mass is 15.1. The van der Waals surface area contributed by atoms with Crippen LogP contribution >= 0.6 is 0 Å². The van der Waals surface area contributed by atoms with E-state index >= 15 is 0 Å². The molecular weight excluding hydrogens is 198 g/mol. The second-order valence-corrected chi connectivity index (χ2v) is 4.71. The summed E-state index contributed by atoms with van der Waals surface area (Å²) in [6.07, 6.45) is 0.917. The number of fused-ring (bicyclic) bond motifs is 1. The van der Waals surface area contributed by atoms with Gasteiger partial charge in [0.25, 0.3) is 0 Å². The van der Waals surface area contributed by atoms with Crippen LogP contribution in [-0.2, 0) is 5.41 Å². The summed E-state index contributed by atoms with van der Waals surface area (Å²) in [5.41, 5.74) is 7.56. The zero-order valence-electron chi connectivity index (χ0n) is 9.77. The van der Waals surface area contributed by atoms with E-state index in [-0.39, 0.29) is 5.41 Å². The van der Waals surface area contributed by atoms with E-state index < -0.39 is 0 Å². The standard InChI is InChI=1S/C13H17N3/c1-13(2,7-8-14)12-9-10-5-3-4-6-11(10)15-16-12/h3-6,9H,7-8,14H2,1-2H3. The Hall–Kier alpha value is -1.48. The Balaban J connectivity index is 2.46. The van der Waals surface area contributed by atoms with E-state index in [1.54, 1.807) is 0 Å². The highest BCUT2D eigenvalue weighted by Gasteiger charge is 2.21. The molecule has 0 aliphatic rings. The molecule has 0 fully saturated rings. The lowest BCUT2D eigenvalue weighted by molar-refractivity contribution is 0.469. The van der Waals surface area contributed by atoms with Crippen molar-refractivity contribution < 1.29 is 0 Å². The van der Waals surface area contributed by atoms with Crippen LogP contribution in [0.15, 0.2) is 30.3 Å². The van der Waals surface area contributed by atoms with Crippen LogP contribution < -0.4 is 5.73 Å². The van der Waals surface area contributed by atoms with Gasteiger partial charge in [0, 0.05) is 10.8 Å². The van der Waals surface area contributed by atoms with E-state index in [1.807, 2.05) is 18.2 Å². The monoisotopic (exact) mass is 215 g/mol. The lowest BCUT2D eigenvalue weighted by atomic mass is 9.85. The maximum absolute atomic E-state index is 5.62. The lowest BCUT2D eigenvalue weighted by Gasteiger charge is -2.22. The molecule has 1 aromatic carbocycles. The van der Waals surface area contributed by atoms with Gasteiger partial charge < -0.3 is 5.73 Å². The lowest BCUT2D eigenvalue weighted by Crippen LogP contribution is -2.23. The fraction of sp³-hybridized carbons (Fsp3) is 0.385. The predicted molar refractivity (Wildman–Crippen MR) is 66.2 cm³/mol. The summed E-state index contributed by atoms with van der Waals surface area (Å²) >= 11 is 0. The fourth-order valence-electron chi connectivity index (χ4n) is 1.80. The molecule has 0 radical (unpaired) electrons. The van der Waals surface area contributed by atoms with Gasteiger partial charge in [0.1, 0.15) is 0 Å². The Morgan fingerprint density at radius 3 is 2.69 bits per heavy atom. The molecule has 0 saturated carbocycles. The molecule has 1 heterocycles. The number of benzene rings is 1. The number of hydrogen-bond donors (Lipinski definition) is 1. The van der Waals surface area contributed by atoms with Crippen LogP contribution in [0.5, 0.6) is 0 Å². The van der Waals surface area contributed by atoms with Crippen molar-refractivity contribution in [3.8, 4) is 0 Å². The molecule has 2 aromatic rings. The highest BCUT2D eigenvalue weighted by Crippen LogP contribution is 2.25. The molecule has 16 heavy (non-hydrogen) atoms. The maximum Gasteiger partial charge on any atom is 0.0929 e. The minimum absolute atomic E-state index is 0.00815. The number of hydrogen-bond acceptors (Lipinski definition) is 3. The Morgan fingerprint density at radius 1 is 1.19 bits per heavy atom. The van der Waals surface area contributed by atoms with Crippen LogP contribution in [0.1, 0.15) is 26.0 Å². The van der Waals surface area contributed by atoms with Gasteiger partial charge in [0.2, 0.25) is 0 Å². The van der Waals surface area contributed by atoms with E-state index in [4.69, 9.17) is 5.73 Å². The first-order valence-corrected chi connectivity index (χ1v) is 5.56. The third kappa shape index (κ3) is 2.04. The molecule has 3 heteroatoms. The van der Waals surface area contributed by atoms with Crippen LogP contribution in [0.3, 0.4) is 0 Å². The number of aromatic nitrogens is 2. The Bertz CT molecular complexity index is 491. The zero-order valence-corrected chi connectivity index (χ0v) is 9.77.